The number of carbonyl (C=O) groups is 1. The van der Waals surface area contributed by atoms with E-state index in [2.05, 4.69) is 15.7 Å². The molecule has 0 bridgehead atoms. The minimum absolute atomic E-state index is 0.0152. The van der Waals surface area contributed by atoms with E-state index in [0.717, 1.165) is 11.4 Å². The number of rotatable bonds is 4. The van der Waals surface area contributed by atoms with Crippen molar-refractivity contribution >= 4 is 5.91 Å². The lowest BCUT2D eigenvalue weighted by atomic mass is 10.1. The van der Waals surface area contributed by atoms with Gasteiger partial charge in [-0.2, -0.15) is 5.10 Å². The molecule has 0 aliphatic carbocycles. The third-order valence-corrected chi connectivity index (χ3v) is 2.58. The molecule has 18 heavy (non-hydrogen) atoms. The first-order valence-electron chi connectivity index (χ1n) is 6.24. The zero-order chi connectivity index (χ0) is 13.9. The second kappa shape index (κ2) is 5.52. The Bertz CT molecular complexity index is 417. The van der Waals surface area contributed by atoms with E-state index < -0.39 is 0 Å². The van der Waals surface area contributed by atoms with Crippen molar-refractivity contribution < 1.29 is 4.79 Å². The first kappa shape index (κ1) is 14.7. The Kier molecular flexibility index (Phi) is 4.51. The molecular weight excluding hydrogens is 228 g/mol. The molecule has 2 N–H and O–H groups in total. The first-order chi connectivity index (χ1) is 8.19. The molecule has 102 valence electrons. The molecule has 0 aliphatic rings. The van der Waals surface area contributed by atoms with Gasteiger partial charge in [0.1, 0.15) is 0 Å². The minimum atomic E-state index is -0.223. The van der Waals surface area contributed by atoms with E-state index in [9.17, 15) is 4.79 Å². The van der Waals surface area contributed by atoms with E-state index in [-0.39, 0.29) is 17.5 Å². The lowest BCUT2D eigenvalue weighted by Crippen LogP contribution is -2.49. The number of amides is 1. The lowest BCUT2D eigenvalue weighted by molar-refractivity contribution is -0.124. The Labute approximate surface area is 109 Å². The van der Waals surface area contributed by atoms with Crippen LogP contribution in [0.25, 0.3) is 0 Å². The van der Waals surface area contributed by atoms with Gasteiger partial charge in [0.15, 0.2) is 0 Å². The summed E-state index contributed by atoms with van der Waals surface area (Å²) < 4.78 is 1.83. The summed E-state index contributed by atoms with van der Waals surface area (Å²) in [7, 11) is 1.91. The fourth-order valence-corrected chi connectivity index (χ4v) is 1.66. The summed E-state index contributed by atoms with van der Waals surface area (Å²) >= 11 is 0. The zero-order valence-electron chi connectivity index (χ0n) is 12.2. The highest BCUT2D eigenvalue weighted by atomic mass is 16.2. The van der Waals surface area contributed by atoms with Crippen molar-refractivity contribution in [1.82, 2.24) is 20.4 Å². The molecule has 1 unspecified atom stereocenters. The standard InChI is InChI=1S/C13H24N4O/c1-9-7-11(17(6)16-9)8-14-10(2)12(18)15-13(3,4)5/h7,10,14H,8H2,1-6H3,(H,15,18). The molecule has 5 nitrogen and oxygen atoms in total. The van der Waals surface area contributed by atoms with Gasteiger partial charge in [-0.1, -0.05) is 0 Å². The van der Waals surface area contributed by atoms with Crippen LogP contribution in [0.1, 0.15) is 39.1 Å². The maximum Gasteiger partial charge on any atom is 0.237 e. The molecule has 1 atom stereocenters. The van der Waals surface area contributed by atoms with Crippen LogP contribution in [-0.4, -0.2) is 27.3 Å². The van der Waals surface area contributed by atoms with E-state index in [1.807, 2.05) is 52.4 Å². The largest absolute Gasteiger partial charge is 0.350 e. The topological polar surface area (TPSA) is 59.0 Å². The van der Waals surface area contributed by atoms with Gasteiger partial charge in [-0.15, -0.1) is 0 Å². The molecule has 1 amide bonds. The zero-order valence-corrected chi connectivity index (χ0v) is 12.2. The predicted molar refractivity (Wildman–Crippen MR) is 72.1 cm³/mol. The second-order valence-corrected chi connectivity index (χ2v) is 5.74. The van der Waals surface area contributed by atoms with E-state index in [1.165, 1.54) is 0 Å². The SMILES string of the molecule is Cc1cc(CNC(C)C(=O)NC(C)(C)C)n(C)n1. The molecule has 1 aromatic heterocycles. The smallest absolute Gasteiger partial charge is 0.237 e. The van der Waals surface area contributed by atoms with Crippen molar-refractivity contribution in [2.75, 3.05) is 0 Å². The Morgan fingerprint density at radius 1 is 1.50 bits per heavy atom. The van der Waals surface area contributed by atoms with Gasteiger partial charge < -0.3 is 10.6 Å². The van der Waals surface area contributed by atoms with Gasteiger partial charge in [0.2, 0.25) is 5.91 Å². The average molecular weight is 252 g/mol. The number of aromatic nitrogens is 2. The summed E-state index contributed by atoms with van der Waals surface area (Å²) in [6, 6.07) is 1.79. The third kappa shape index (κ3) is 4.49. The number of hydrogen-bond donors (Lipinski definition) is 2. The van der Waals surface area contributed by atoms with Crippen molar-refractivity contribution in [2.45, 2.75) is 52.7 Å². The highest BCUT2D eigenvalue weighted by molar-refractivity contribution is 5.81. The first-order valence-corrected chi connectivity index (χ1v) is 6.24. The Morgan fingerprint density at radius 3 is 2.56 bits per heavy atom. The van der Waals surface area contributed by atoms with Gasteiger partial charge in [-0.05, 0) is 40.7 Å². The van der Waals surface area contributed by atoms with Gasteiger partial charge in [-0.25, -0.2) is 0 Å². The maximum atomic E-state index is 11.9. The van der Waals surface area contributed by atoms with Crippen LogP contribution in [-0.2, 0) is 18.4 Å². The van der Waals surface area contributed by atoms with Crippen molar-refractivity contribution in [1.29, 1.82) is 0 Å². The predicted octanol–water partition coefficient (Wildman–Crippen LogP) is 1.12. The monoisotopic (exact) mass is 252 g/mol. The van der Waals surface area contributed by atoms with Gasteiger partial charge in [-0.3, -0.25) is 9.48 Å². The van der Waals surface area contributed by atoms with Crippen LogP contribution < -0.4 is 10.6 Å². The molecule has 0 saturated carbocycles. The fraction of sp³-hybridized carbons (Fsp3) is 0.692. The number of carbonyl (C=O) groups excluding carboxylic acids is 1. The molecule has 0 radical (unpaired) electrons. The van der Waals surface area contributed by atoms with Gasteiger partial charge in [0.05, 0.1) is 17.4 Å². The summed E-state index contributed by atoms with van der Waals surface area (Å²) in [5, 5.41) is 10.4. The third-order valence-electron chi connectivity index (χ3n) is 2.58. The van der Waals surface area contributed by atoms with Crippen molar-refractivity contribution in [3.63, 3.8) is 0 Å². The van der Waals surface area contributed by atoms with Crippen LogP contribution in [0, 0.1) is 6.92 Å². The van der Waals surface area contributed by atoms with Gasteiger partial charge in [0, 0.05) is 19.1 Å². The molecule has 0 saturated heterocycles. The molecular formula is C13H24N4O. The van der Waals surface area contributed by atoms with E-state index >= 15 is 0 Å². The van der Waals surface area contributed by atoms with Crippen LogP contribution in [0.5, 0.6) is 0 Å². The summed E-state index contributed by atoms with van der Waals surface area (Å²) in [6.45, 7) is 10.4. The molecule has 1 heterocycles. The van der Waals surface area contributed by atoms with Gasteiger partial charge in [0.25, 0.3) is 0 Å². The molecule has 0 aromatic carbocycles. The number of aryl methyl sites for hydroxylation is 2. The van der Waals surface area contributed by atoms with Crippen molar-refractivity contribution in [3.05, 3.63) is 17.5 Å². The lowest BCUT2D eigenvalue weighted by Gasteiger charge is -2.23. The molecule has 0 fully saturated rings. The Hall–Kier alpha value is -1.36. The molecule has 1 aromatic rings. The molecule has 5 heteroatoms. The van der Waals surface area contributed by atoms with Crippen molar-refractivity contribution in [2.24, 2.45) is 7.05 Å². The normalized spacial score (nSPS) is 13.4. The highest BCUT2D eigenvalue weighted by Gasteiger charge is 2.18. The van der Waals surface area contributed by atoms with Crippen LogP contribution in [0.3, 0.4) is 0 Å². The van der Waals surface area contributed by atoms with Crippen molar-refractivity contribution in [3.8, 4) is 0 Å². The maximum absolute atomic E-state index is 11.9. The summed E-state index contributed by atoms with van der Waals surface area (Å²) in [5.41, 5.74) is 1.86. The van der Waals surface area contributed by atoms with E-state index in [4.69, 9.17) is 0 Å². The Balaban J connectivity index is 2.48. The average Bonchev–Trinajstić information content (AvgIpc) is 2.51. The van der Waals surface area contributed by atoms with Crippen LogP contribution >= 0.6 is 0 Å². The Morgan fingerprint density at radius 2 is 2.11 bits per heavy atom. The van der Waals surface area contributed by atoms with Gasteiger partial charge >= 0.3 is 0 Å². The molecule has 0 aliphatic heterocycles. The number of nitrogens with zero attached hydrogens (tertiary/aromatic N) is 2. The number of nitrogens with one attached hydrogen (secondary N) is 2. The minimum Gasteiger partial charge on any atom is -0.350 e. The summed E-state index contributed by atoms with van der Waals surface area (Å²) in [6.07, 6.45) is 0. The van der Waals surface area contributed by atoms with E-state index in [1.54, 1.807) is 0 Å². The quantitative estimate of drug-likeness (QED) is 0.844. The number of hydrogen-bond acceptors (Lipinski definition) is 3. The highest BCUT2D eigenvalue weighted by Crippen LogP contribution is 2.03. The van der Waals surface area contributed by atoms with Crippen LogP contribution in [0.4, 0.5) is 0 Å². The molecule has 1 rings (SSSR count). The molecule has 0 spiro atoms. The summed E-state index contributed by atoms with van der Waals surface area (Å²) in [5.74, 6) is 0.0152. The second-order valence-electron chi connectivity index (χ2n) is 5.74. The van der Waals surface area contributed by atoms with Crippen LogP contribution in [0.2, 0.25) is 0 Å². The van der Waals surface area contributed by atoms with E-state index in [0.29, 0.717) is 6.54 Å². The van der Waals surface area contributed by atoms with Crippen LogP contribution in [0.15, 0.2) is 6.07 Å². The summed E-state index contributed by atoms with van der Waals surface area (Å²) in [4.78, 5) is 11.9. The fourth-order valence-electron chi connectivity index (χ4n) is 1.66.